The molecule has 1 aliphatic rings. The summed E-state index contributed by atoms with van der Waals surface area (Å²) in [6, 6.07) is 4.28. The molecule has 19 heavy (non-hydrogen) atoms. The Morgan fingerprint density at radius 3 is 2.63 bits per heavy atom. The van der Waals surface area contributed by atoms with Crippen molar-refractivity contribution in [3.8, 4) is 0 Å². The van der Waals surface area contributed by atoms with Gasteiger partial charge in [-0.25, -0.2) is 8.78 Å². The Balaban J connectivity index is 2.04. The van der Waals surface area contributed by atoms with Crippen molar-refractivity contribution >= 4 is 0 Å². The van der Waals surface area contributed by atoms with E-state index in [1.165, 1.54) is 12.1 Å². The zero-order valence-corrected chi connectivity index (χ0v) is 11.5. The molecule has 2 rings (SSSR count). The fourth-order valence-electron chi connectivity index (χ4n) is 2.76. The molecule has 1 fully saturated rings. The van der Waals surface area contributed by atoms with Crippen molar-refractivity contribution in [2.24, 2.45) is 5.73 Å². The number of rotatable bonds is 4. The minimum atomic E-state index is -0.539. The van der Waals surface area contributed by atoms with Crippen LogP contribution in [0.3, 0.4) is 0 Å². The Morgan fingerprint density at radius 2 is 2.05 bits per heavy atom. The lowest BCUT2D eigenvalue weighted by molar-refractivity contribution is 0.388. The van der Waals surface area contributed by atoms with Crippen LogP contribution in [0.2, 0.25) is 0 Å². The maximum absolute atomic E-state index is 13.8. The number of nitrogens with two attached hydrogens (primary N) is 1. The van der Waals surface area contributed by atoms with Crippen LogP contribution < -0.4 is 11.1 Å². The highest BCUT2D eigenvalue weighted by Crippen LogP contribution is 2.27. The van der Waals surface area contributed by atoms with Crippen LogP contribution in [-0.2, 0) is 5.41 Å². The second-order valence-electron chi connectivity index (χ2n) is 6.09. The molecule has 0 aliphatic heterocycles. The van der Waals surface area contributed by atoms with Gasteiger partial charge in [0.1, 0.15) is 11.6 Å². The first-order valence-corrected chi connectivity index (χ1v) is 6.84. The van der Waals surface area contributed by atoms with Crippen LogP contribution in [0.4, 0.5) is 8.78 Å². The third-order valence-electron chi connectivity index (χ3n) is 4.04. The quantitative estimate of drug-likeness (QED) is 0.881. The number of halogens is 2. The SMILES string of the molecule is CC(C)(CNC1CCCC1N)c1ccc(F)cc1F. The first kappa shape index (κ1) is 14.4. The van der Waals surface area contributed by atoms with Gasteiger partial charge in [0.15, 0.2) is 0 Å². The fourth-order valence-corrected chi connectivity index (χ4v) is 2.76. The van der Waals surface area contributed by atoms with E-state index in [9.17, 15) is 8.78 Å². The lowest BCUT2D eigenvalue weighted by atomic mass is 9.84. The maximum Gasteiger partial charge on any atom is 0.129 e. The van der Waals surface area contributed by atoms with Crippen molar-refractivity contribution < 1.29 is 8.78 Å². The Hall–Kier alpha value is -1.00. The average molecular weight is 268 g/mol. The van der Waals surface area contributed by atoms with Crippen molar-refractivity contribution in [1.29, 1.82) is 0 Å². The fraction of sp³-hybridized carbons (Fsp3) is 0.600. The Morgan fingerprint density at radius 1 is 1.32 bits per heavy atom. The molecule has 0 radical (unpaired) electrons. The molecular weight excluding hydrogens is 246 g/mol. The van der Waals surface area contributed by atoms with Gasteiger partial charge in [-0.3, -0.25) is 0 Å². The van der Waals surface area contributed by atoms with Crippen LogP contribution in [0.25, 0.3) is 0 Å². The molecule has 2 atom stereocenters. The van der Waals surface area contributed by atoms with Crippen molar-refractivity contribution in [1.82, 2.24) is 5.32 Å². The minimum absolute atomic E-state index is 0.189. The van der Waals surface area contributed by atoms with E-state index in [4.69, 9.17) is 5.73 Å². The molecule has 1 saturated carbocycles. The van der Waals surface area contributed by atoms with Crippen LogP contribution >= 0.6 is 0 Å². The van der Waals surface area contributed by atoms with Gasteiger partial charge in [-0.05, 0) is 24.5 Å². The smallest absolute Gasteiger partial charge is 0.129 e. The first-order chi connectivity index (χ1) is 8.90. The van der Waals surface area contributed by atoms with E-state index in [-0.39, 0.29) is 11.5 Å². The van der Waals surface area contributed by atoms with Gasteiger partial charge < -0.3 is 11.1 Å². The molecule has 1 aliphatic carbocycles. The molecule has 4 heteroatoms. The van der Waals surface area contributed by atoms with Gasteiger partial charge in [0, 0.05) is 30.1 Å². The van der Waals surface area contributed by atoms with Gasteiger partial charge in [-0.1, -0.05) is 26.3 Å². The van der Waals surface area contributed by atoms with E-state index in [0.717, 1.165) is 25.3 Å². The number of hydrogen-bond donors (Lipinski definition) is 2. The molecule has 2 unspecified atom stereocenters. The molecule has 0 heterocycles. The molecule has 106 valence electrons. The lowest BCUT2D eigenvalue weighted by Crippen LogP contribution is -2.46. The van der Waals surface area contributed by atoms with E-state index in [1.807, 2.05) is 13.8 Å². The molecule has 0 aromatic heterocycles. The lowest BCUT2D eigenvalue weighted by Gasteiger charge is -2.29. The average Bonchev–Trinajstić information content (AvgIpc) is 2.72. The van der Waals surface area contributed by atoms with Crippen molar-refractivity contribution in [3.05, 3.63) is 35.4 Å². The Bertz CT molecular complexity index is 446. The van der Waals surface area contributed by atoms with Crippen molar-refractivity contribution in [2.45, 2.75) is 50.6 Å². The van der Waals surface area contributed by atoms with Gasteiger partial charge in [0.25, 0.3) is 0 Å². The zero-order chi connectivity index (χ0) is 14.0. The molecule has 1 aromatic carbocycles. The predicted octanol–water partition coefficient (Wildman–Crippen LogP) is 2.71. The Labute approximate surface area is 113 Å². The predicted molar refractivity (Wildman–Crippen MR) is 73.0 cm³/mol. The molecule has 2 nitrogen and oxygen atoms in total. The highest BCUT2D eigenvalue weighted by Gasteiger charge is 2.28. The minimum Gasteiger partial charge on any atom is -0.326 e. The highest BCUT2D eigenvalue weighted by atomic mass is 19.1. The first-order valence-electron chi connectivity index (χ1n) is 6.84. The van der Waals surface area contributed by atoms with E-state index in [2.05, 4.69) is 5.32 Å². The van der Waals surface area contributed by atoms with Gasteiger partial charge in [-0.2, -0.15) is 0 Å². The topological polar surface area (TPSA) is 38.0 Å². The van der Waals surface area contributed by atoms with E-state index >= 15 is 0 Å². The summed E-state index contributed by atoms with van der Waals surface area (Å²) >= 11 is 0. The number of benzene rings is 1. The van der Waals surface area contributed by atoms with Crippen LogP contribution in [0.1, 0.15) is 38.7 Å². The standard InChI is InChI=1S/C15H22F2N2/c1-15(2,9-19-14-5-3-4-13(14)18)11-7-6-10(16)8-12(11)17/h6-8,13-14,19H,3-5,9,18H2,1-2H3. The molecule has 0 saturated heterocycles. The van der Waals surface area contributed by atoms with Gasteiger partial charge in [-0.15, -0.1) is 0 Å². The number of nitrogens with one attached hydrogen (secondary N) is 1. The summed E-state index contributed by atoms with van der Waals surface area (Å²) in [7, 11) is 0. The summed E-state index contributed by atoms with van der Waals surface area (Å²) < 4.78 is 26.8. The normalized spacial score (nSPS) is 23.8. The van der Waals surface area contributed by atoms with Crippen LogP contribution in [-0.4, -0.2) is 18.6 Å². The second kappa shape index (κ2) is 5.55. The summed E-state index contributed by atoms with van der Waals surface area (Å²) in [5, 5.41) is 3.43. The molecular formula is C15H22F2N2. The second-order valence-corrected chi connectivity index (χ2v) is 6.09. The van der Waals surface area contributed by atoms with E-state index < -0.39 is 11.6 Å². The van der Waals surface area contributed by atoms with Crippen molar-refractivity contribution in [2.75, 3.05) is 6.54 Å². The third-order valence-corrected chi connectivity index (χ3v) is 4.04. The molecule has 0 spiro atoms. The molecule has 0 bridgehead atoms. The molecule has 0 amide bonds. The Kier molecular flexibility index (Phi) is 4.21. The van der Waals surface area contributed by atoms with Gasteiger partial charge >= 0.3 is 0 Å². The molecule has 3 N–H and O–H groups in total. The van der Waals surface area contributed by atoms with Gasteiger partial charge in [0.2, 0.25) is 0 Å². The van der Waals surface area contributed by atoms with E-state index in [0.29, 0.717) is 18.2 Å². The third kappa shape index (κ3) is 3.31. The van der Waals surface area contributed by atoms with Crippen molar-refractivity contribution in [3.63, 3.8) is 0 Å². The van der Waals surface area contributed by atoms with Crippen LogP contribution in [0, 0.1) is 11.6 Å². The summed E-state index contributed by atoms with van der Waals surface area (Å²) in [5.74, 6) is -1.02. The number of hydrogen-bond acceptors (Lipinski definition) is 2. The van der Waals surface area contributed by atoms with E-state index in [1.54, 1.807) is 0 Å². The summed E-state index contributed by atoms with van der Waals surface area (Å²) in [5.41, 5.74) is 6.16. The molecule has 1 aromatic rings. The monoisotopic (exact) mass is 268 g/mol. The highest BCUT2D eigenvalue weighted by molar-refractivity contribution is 5.26. The summed E-state index contributed by atoms with van der Waals surface area (Å²) in [6.07, 6.45) is 3.26. The van der Waals surface area contributed by atoms with Crippen LogP contribution in [0.15, 0.2) is 18.2 Å². The van der Waals surface area contributed by atoms with Crippen LogP contribution in [0.5, 0.6) is 0 Å². The summed E-state index contributed by atoms with van der Waals surface area (Å²) in [4.78, 5) is 0. The maximum atomic E-state index is 13.8. The summed E-state index contributed by atoms with van der Waals surface area (Å²) in [6.45, 7) is 4.54. The largest absolute Gasteiger partial charge is 0.326 e. The van der Waals surface area contributed by atoms with Gasteiger partial charge in [0.05, 0.1) is 0 Å². The zero-order valence-electron chi connectivity index (χ0n) is 11.5.